The van der Waals surface area contributed by atoms with E-state index in [4.69, 9.17) is 15.2 Å². The number of nitrogens with two attached hydrogens (primary N) is 1. The second-order valence-corrected chi connectivity index (χ2v) is 14.2. The van der Waals surface area contributed by atoms with Gasteiger partial charge in [0.05, 0.1) is 30.1 Å². The highest BCUT2D eigenvalue weighted by Gasteiger charge is 2.37. The fourth-order valence-electron chi connectivity index (χ4n) is 7.42. The highest BCUT2D eigenvalue weighted by molar-refractivity contribution is 5.93. The molecule has 2 saturated heterocycles. The third kappa shape index (κ3) is 7.10. The summed E-state index contributed by atoms with van der Waals surface area (Å²) in [5.74, 6) is -0.630. The number of amides is 1. The number of pyridine rings is 1. The minimum absolute atomic E-state index is 0.0223. The lowest BCUT2D eigenvalue weighted by Crippen LogP contribution is -2.60. The predicted octanol–water partition coefficient (Wildman–Crippen LogP) is 4.71. The number of alkyl halides is 3. The van der Waals surface area contributed by atoms with E-state index in [-0.39, 0.29) is 18.4 Å². The summed E-state index contributed by atoms with van der Waals surface area (Å²) in [4.78, 5) is 33.3. The minimum atomic E-state index is -4.49. The third-order valence-electron chi connectivity index (χ3n) is 9.88. The molecule has 5 atom stereocenters. The summed E-state index contributed by atoms with van der Waals surface area (Å²) in [7, 11) is 1.55. The van der Waals surface area contributed by atoms with E-state index in [1.807, 2.05) is 32.9 Å². The lowest BCUT2D eigenvalue weighted by molar-refractivity contribution is -0.155. The van der Waals surface area contributed by atoms with Crippen molar-refractivity contribution in [1.82, 2.24) is 24.9 Å². The third-order valence-corrected chi connectivity index (χ3v) is 9.88. The quantitative estimate of drug-likeness (QED) is 0.384. The number of nitrogens with zero attached hydrogens (tertiary/aromatic N) is 4. The zero-order valence-corrected chi connectivity index (χ0v) is 28.0. The van der Waals surface area contributed by atoms with Crippen molar-refractivity contribution in [3.8, 4) is 11.3 Å². The Hall–Kier alpha value is -3.52. The van der Waals surface area contributed by atoms with Gasteiger partial charge in [0.2, 0.25) is 0 Å². The predicted molar refractivity (Wildman–Crippen MR) is 175 cm³/mol. The van der Waals surface area contributed by atoms with Crippen LogP contribution in [0.2, 0.25) is 0 Å². The highest BCUT2D eigenvalue weighted by atomic mass is 19.4. The first-order valence-corrected chi connectivity index (χ1v) is 16.7. The Morgan fingerprint density at radius 1 is 1.17 bits per heavy atom. The number of hydrazine groups is 1. The van der Waals surface area contributed by atoms with Crippen molar-refractivity contribution in [2.24, 2.45) is 11.1 Å². The second kappa shape index (κ2) is 13.4. The molecule has 0 aliphatic carbocycles. The van der Waals surface area contributed by atoms with Crippen molar-refractivity contribution < 1.29 is 32.2 Å². The van der Waals surface area contributed by atoms with Gasteiger partial charge in [-0.05, 0) is 80.5 Å². The van der Waals surface area contributed by atoms with Crippen molar-refractivity contribution >= 4 is 22.8 Å². The standard InChI is InChI=1S/C35H45F3N6O4/c1-21(47-4)30-24(7-5-12-40-30)31-26-16-34(2,3)20-48-33(46)28-8-6-13-44(41-28)32(45)27(39)18-42-14-11-23(17-42)22-9-10-29(25(26)15-22)43(31)19-35(36,37)38/h5,7,9-10,12,15,21,23,27-28,41H,6,8,11,13-14,16-20,39H2,1-4H3/t21-,23+,27-,28-/m0/s1. The first-order chi connectivity index (χ1) is 22.7. The van der Waals surface area contributed by atoms with E-state index in [9.17, 15) is 22.8 Å². The smallest absolute Gasteiger partial charge is 0.406 e. The summed E-state index contributed by atoms with van der Waals surface area (Å²) >= 11 is 0. The topological polar surface area (TPSA) is 115 Å². The Morgan fingerprint density at radius 2 is 1.96 bits per heavy atom. The Labute approximate surface area is 278 Å². The molecule has 0 spiro atoms. The maximum Gasteiger partial charge on any atom is 0.406 e. The molecule has 1 unspecified atom stereocenters. The number of halogens is 3. The molecule has 5 heterocycles. The summed E-state index contributed by atoms with van der Waals surface area (Å²) < 4.78 is 55.9. The number of hydrogen-bond acceptors (Lipinski definition) is 8. The first-order valence-electron chi connectivity index (χ1n) is 16.7. The Balaban J connectivity index is 1.52. The molecule has 3 aliphatic rings. The van der Waals surface area contributed by atoms with Crippen LogP contribution in [0.15, 0.2) is 36.5 Å². The number of fused-ring (bicyclic) bond motifs is 6. The molecular formula is C35H45F3N6O4. The van der Waals surface area contributed by atoms with Crippen LogP contribution in [-0.4, -0.2) is 89.5 Å². The number of aromatic nitrogens is 2. The average molecular weight is 671 g/mol. The number of carbonyl (C=O) groups is 2. The number of methoxy groups -OCH3 is 1. The molecule has 48 heavy (non-hydrogen) atoms. The highest BCUT2D eigenvalue weighted by Crippen LogP contribution is 2.43. The summed E-state index contributed by atoms with van der Waals surface area (Å²) in [6.45, 7) is 6.76. The Kier molecular flexibility index (Phi) is 9.60. The fourth-order valence-corrected chi connectivity index (χ4v) is 7.42. The molecule has 260 valence electrons. The summed E-state index contributed by atoms with van der Waals surface area (Å²) in [5.41, 5.74) is 12.5. The van der Waals surface area contributed by atoms with Crippen molar-refractivity contribution in [3.05, 3.63) is 53.3 Å². The van der Waals surface area contributed by atoms with Gasteiger partial charge in [-0.3, -0.25) is 19.6 Å². The van der Waals surface area contributed by atoms with Crippen LogP contribution in [0.5, 0.6) is 0 Å². The molecule has 1 amide bonds. The number of carbonyl (C=O) groups excluding carboxylic acids is 2. The van der Waals surface area contributed by atoms with Crippen molar-refractivity contribution in [3.63, 3.8) is 0 Å². The number of ether oxygens (including phenoxy) is 2. The molecule has 6 rings (SSSR count). The van der Waals surface area contributed by atoms with Gasteiger partial charge in [-0.2, -0.15) is 13.2 Å². The van der Waals surface area contributed by atoms with Crippen LogP contribution in [0.25, 0.3) is 22.2 Å². The van der Waals surface area contributed by atoms with E-state index in [1.54, 1.807) is 31.5 Å². The van der Waals surface area contributed by atoms with Gasteiger partial charge >= 0.3 is 12.1 Å². The number of rotatable bonds is 4. The van der Waals surface area contributed by atoms with E-state index in [0.29, 0.717) is 61.4 Å². The van der Waals surface area contributed by atoms with Crippen LogP contribution >= 0.6 is 0 Å². The fraction of sp³-hybridized carbons (Fsp3) is 0.571. The van der Waals surface area contributed by atoms with E-state index in [2.05, 4.69) is 15.3 Å². The zero-order chi connectivity index (χ0) is 34.4. The van der Waals surface area contributed by atoms with Crippen molar-refractivity contribution in [1.29, 1.82) is 0 Å². The van der Waals surface area contributed by atoms with Crippen LogP contribution in [-0.2, 0) is 32.0 Å². The number of hydrogen-bond donors (Lipinski definition) is 2. The molecule has 1 aromatic carbocycles. The minimum Gasteiger partial charge on any atom is -0.464 e. The Bertz CT molecular complexity index is 1670. The molecule has 3 N–H and O–H groups in total. The molecular weight excluding hydrogens is 625 g/mol. The lowest BCUT2D eigenvalue weighted by atomic mass is 9.84. The maximum absolute atomic E-state index is 14.4. The van der Waals surface area contributed by atoms with Crippen molar-refractivity contribution in [2.45, 2.75) is 83.3 Å². The molecule has 2 aromatic heterocycles. The molecule has 13 heteroatoms. The second-order valence-electron chi connectivity index (χ2n) is 14.2. The van der Waals surface area contributed by atoms with Gasteiger partial charge in [0.1, 0.15) is 12.6 Å². The molecule has 6 bridgehead atoms. The van der Waals surface area contributed by atoms with E-state index < -0.39 is 42.3 Å². The van der Waals surface area contributed by atoms with Gasteiger partial charge in [-0.1, -0.05) is 19.9 Å². The van der Waals surface area contributed by atoms with Gasteiger partial charge < -0.3 is 24.7 Å². The van der Waals surface area contributed by atoms with E-state index >= 15 is 0 Å². The van der Waals surface area contributed by atoms with Crippen LogP contribution in [0.1, 0.15) is 68.9 Å². The molecule has 3 aromatic rings. The van der Waals surface area contributed by atoms with Crippen molar-refractivity contribution in [2.75, 3.05) is 39.9 Å². The molecule has 2 fully saturated rings. The maximum atomic E-state index is 14.4. The van der Waals surface area contributed by atoms with Gasteiger partial charge in [0.15, 0.2) is 0 Å². The largest absolute Gasteiger partial charge is 0.464 e. The number of nitrogens with one attached hydrogen (secondary N) is 1. The summed E-state index contributed by atoms with van der Waals surface area (Å²) in [6.07, 6.45) is -1.07. The lowest BCUT2D eigenvalue weighted by Gasteiger charge is -2.35. The monoisotopic (exact) mass is 670 g/mol. The average Bonchev–Trinajstić information content (AvgIpc) is 3.63. The van der Waals surface area contributed by atoms with Crippen LogP contribution < -0.4 is 11.2 Å². The molecule has 3 aliphatic heterocycles. The SMILES string of the molecule is CO[C@@H](C)c1ncccc1-c1c2c3cc(ccc3n1CC(F)(F)F)[C@@H]1CCN(C1)C[C@H](N)C(=O)N1CCC[C@H](N1)C(=O)OCC(C)(C)C2. The van der Waals surface area contributed by atoms with Crippen LogP contribution in [0.4, 0.5) is 13.2 Å². The summed E-state index contributed by atoms with van der Waals surface area (Å²) in [6, 6.07) is 7.79. The van der Waals surface area contributed by atoms with Crippen LogP contribution in [0.3, 0.4) is 0 Å². The first kappa shape index (κ1) is 34.3. The normalized spacial score (nSPS) is 26.0. The zero-order valence-electron chi connectivity index (χ0n) is 28.0. The van der Waals surface area contributed by atoms with Gasteiger partial charge in [-0.15, -0.1) is 0 Å². The number of esters is 1. The molecule has 0 radical (unpaired) electrons. The molecule has 0 saturated carbocycles. The van der Waals surface area contributed by atoms with E-state index in [0.717, 1.165) is 29.5 Å². The van der Waals surface area contributed by atoms with E-state index in [1.165, 1.54) is 9.58 Å². The van der Waals surface area contributed by atoms with Gasteiger partial charge in [-0.25, -0.2) is 5.43 Å². The number of cyclic esters (lactones) is 1. The van der Waals surface area contributed by atoms with Gasteiger partial charge in [0.25, 0.3) is 5.91 Å². The van der Waals surface area contributed by atoms with Crippen LogP contribution in [0, 0.1) is 5.41 Å². The molecule has 10 nitrogen and oxygen atoms in total. The number of benzene rings is 1. The summed E-state index contributed by atoms with van der Waals surface area (Å²) in [5, 5.41) is 2.17. The van der Waals surface area contributed by atoms with Gasteiger partial charge in [0, 0.05) is 54.8 Å². The Morgan fingerprint density at radius 3 is 2.71 bits per heavy atom.